The minimum absolute atomic E-state index is 0.479. The summed E-state index contributed by atoms with van der Waals surface area (Å²) < 4.78 is 0. The molecule has 4 heteroatoms. The molecule has 0 aliphatic carbocycles. The number of pyridine rings is 2. The van der Waals surface area contributed by atoms with E-state index in [9.17, 15) is 9.59 Å². The van der Waals surface area contributed by atoms with Gasteiger partial charge in [0.05, 0.1) is 0 Å². The van der Waals surface area contributed by atoms with E-state index >= 15 is 0 Å². The van der Waals surface area contributed by atoms with Crippen LogP contribution in [0, 0.1) is 13.8 Å². The second-order valence-corrected chi connectivity index (χ2v) is 3.70. The largest absolute Gasteiger partial charge is 0.296 e. The zero-order valence-electron chi connectivity index (χ0n) is 10.3. The summed E-state index contributed by atoms with van der Waals surface area (Å²) in [6, 6.07) is 8.91. The van der Waals surface area contributed by atoms with E-state index in [1.807, 2.05) is 19.9 Å². The van der Waals surface area contributed by atoms with E-state index < -0.39 is 0 Å². The highest BCUT2D eigenvalue weighted by Crippen LogP contribution is 2.01. The van der Waals surface area contributed by atoms with E-state index in [4.69, 9.17) is 0 Å². The van der Waals surface area contributed by atoms with Crippen LogP contribution in [0.5, 0.6) is 0 Å². The molecule has 0 atom stereocenters. The minimum Gasteiger partial charge on any atom is -0.296 e. The van der Waals surface area contributed by atoms with Crippen LogP contribution < -0.4 is 0 Å². The summed E-state index contributed by atoms with van der Waals surface area (Å²) >= 11 is 0. The molecule has 4 nitrogen and oxygen atoms in total. The lowest BCUT2D eigenvalue weighted by Gasteiger charge is -1.95. The van der Waals surface area contributed by atoms with Gasteiger partial charge in [-0.2, -0.15) is 0 Å². The van der Waals surface area contributed by atoms with E-state index in [0.29, 0.717) is 11.4 Å². The molecule has 2 heterocycles. The fourth-order valence-electron chi connectivity index (χ4n) is 1.38. The van der Waals surface area contributed by atoms with Gasteiger partial charge in [0.2, 0.25) is 0 Å². The molecule has 0 N–H and O–H groups in total. The number of rotatable bonds is 2. The van der Waals surface area contributed by atoms with E-state index in [1.54, 1.807) is 30.5 Å². The van der Waals surface area contributed by atoms with Crippen LogP contribution >= 0.6 is 0 Å². The monoisotopic (exact) mass is 242 g/mol. The predicted molar refractivity (Wildman–Crippen MR) is 68.7 cm³/mol. The SMILES string of the molecule is Cc1cc(C)nc(C=O)c1.O=Cc1ccccn1. The average Bonchev–Trinajstić information content (AvgIpc) is 2.39. The van der Waals surface area contributed by atoms with E-state index in [0.717, 1.165) is 23.8 Å². The molecule has 2 aromatic rings. The predicted octanol–water partition coefficient (Wildman–Crippen LogP) is 2.41. The number of aldehydes is 2. The molecule has 0 saturated heterocycles. The summed E-state index contributed by atoms with van der Waals surface area (Å²) in [4.78, 5) is 27.9. The van der Waals surface area contributed by atoms with Crippen molar-refractivity contribution in [1.29, 1.82) is 0 Å². The van der Waals surface area contributed by atoms with E-state index in [2.05, 4.69) is 9.97 Å². The van der Waals surface area contributed by atoms with Crippen LogP contribution in [-0.4, -0.2) is 22.5 Å². The van der Waals surface area contributed by atoms with Crippen molar-refractivity contribution < 1.29 is 9.59 Å². The third kappa shape index (κ3) is 4.65. The van der Waals surface area contributed by atoms with Crippen LogP contribution in [0.1, 0.15) is 32.2 Å². The number of hydrogen-bond acceptors (Lipinski definition) is 4. The number of carbonyl (C=O) groups excluding carboxylic acids is 2. The van der Waals surface area contributed by atoms with E-state index in [-0.39, 0.29) is 0 Å². The lowest BCUT2D eigenvalue weighted by atomic mass is 10.2. The molecule has 18 heavy (non-hydrogen) atoms. The average molecular weight is 242 g/mol. The Bertz CT molecular complexity index is 504. The van der Waals surface area contributed by atoms with Gasteiger partial charge in [0, 0.05) is 11.9 Å². The first-order chi connectivity index (χ1) is 8.65. The van der Waals surface area contributed by atoms with Crippen LogP contribution in [0.3, 0.4) is 0 Å². The minimum atomic E-state index is 0.479. The lowest BCUT2D eigenvalue weighted by molar-refractivity contribution is 0.111. The van der Waals surface area contributed by atoms with Gasteiger partial charge in [-0.15, -0.1) is 0 Å². The zero-order chi connectivity index (χ0) is 13.4. The first-order valence-electron chi connectivity index (χ1n) is 5.42. The molecule has 0 fully saturated rings. The van der Waals surface area contributed by atoms with Gasteiger partial charge in [0.25, 0.3) is 0 Å². The maximum Gasteiger partial charge on any atom is 0.168 e. The summed E-state index contributed by atoms with van der Waals surface area (Å²) in [6.07, 6.45) is 3.07. The zero-order valence-corrected chi connectivity index (χ0v) is 10.3. The van der Waals surface area contributed by atoms with Crippen molar-refractivity contribution in [1.82, 2.24) is 9.97 Å². The number of aromatic nitrogens is 2. The third-order valence-corrected chi connectivity index (χ3v) is 2.05. The van der Waals surface area contributed by atoms with Gasteiger partial charge in [-0.1, -0.05) is 6.07 Å². The van der Waals surface area contributed by atoms with Crippen molar-refractivity contribution >= 4 is 12.6 Å². The van der Waals surface area contributed by atoms with Gasteiger partial charge in [-0.05, 0) is 43.7 Å². The maximum absolute atomic E-state index is 10.2. The standard InChI is InChI=1S/C8H9NO.C6H5NO/c1-6-3-7(2)9-8(4-6)5-10;8-5-6-3-1-2-4-7-6/h3-5H,1-2H3;1-5H. The molecule has 0 spiro atoms. The van der Waals surface area contributed by atoms with Crippen LogP contribution in [0.15, 0.2) is 36.5 Å². The molecule has 2 aromatic heterocycles. The Labute approximate surface area is 106 Å². The summed E-state index contributed by atoms with van der Waals surface area (Å²) in [6.45, 7) is 3.82. The highest BCUT2D eigenvalue weighted by molar-refractivity contribution is 5.72. The van der Waals surface area contributed by atoms with Crippen molar-refractivity contribution in [2.45, 2.75) is 13.8 Å². The van der Waals surface area contributed by atoms with Crippen LogP contribution in [-0.2, 0) is 0 Å². The molecular weight excluding hydrogens is 228 g/mol. The van der Waals surface area contributed by atoms with Crippen molar-refractivity contribution in [3.8, 4) is 0 Å². The fraction of sp³-hybridized carbons (Fsp3) is 0.143. The molecule has 0 aliphatic heterocycles. The Morgan fingerprint density at radius 3 is 2.17 bits per heavy atom. The molecule has 0 unspecified atom stereocenters. The number of hydrogen-bond donors (Lipinski definition) is 0. The Balaban J connectivity index is 0.000000184. The van der Waals surface area contributed by atoms with Gasteiger partial charge >= 0.3 is 0 Å². The first kappa shape index (κ1) is 13.7. The first-order valence-corrected chi connectivity index (χ1v) is 5.42. The molecule has 0 aliphatic rings. The van der Waals surface area contributed by atoms with Crippen molar-refractivity contribution in [2.24, 2.45) is 0 Å². The molecule has 0 amide bonds. The van der Waals surface area contributed by atoms with Gasteiger partial charge in [0.1, 0.15) is 11.4 Å². The van der Waals surface area contributed by atoms with Crippen molar-refractivity contribution in [3.05, 3.63) is 59.2 Å². The molecule has 0 radical (unpaired) electrons. The normalized spacial score (nSPS) is 9.00. The Morgan fingerprint density at radius 1 is 1.00 bits per heavy atom. The summed E-state index contributed by atoms with van der Waals surface area (Å²) in [5.41, 5.74) is 2.96. The van der Waals surface area contributed by atoms with E-state index in [1.165, 1.54) is 0 Å². The Hall–Kier alpha value is -2.36. The maximum atomic E-state index is 10.2. The third-order valence-electron chi connectivity index (χ3n) is 2.05. The van der Waals surface area contributed by atoms with Gasteiger partial charge in [0.15, 0.2) is 12.6 Å². The lowest BCUT2D eigenvalue weighted by Crippen LogP contribution is -1.90. The van der Waals surface area contributed by atoms with Crippen molar-refractivity contribution in [3.63, 3.8) is 0 Å². The van der Waals surface area contributed by atoms with Gasteiger partial charge in [-0.3, -0.25) is 19.6 Å². The molecule has 0 bridgehead atoms. The van der Waals surface area contributed by atoms with Gasteiger partial charge < -0.3 is 0 Å². The molecular formula is C14H14N2O2. The molecule has 0 saturated carbocycles. The number of nitrogens with zero attached hydrogens (tertiary/aromatic N) is 2. The second-order valence-electron chi connectivity index (χ2n) is 3.70. The molecule has 0 aromatic carbocycles. The summed E-state index contributed by atoms with van der Waals surface area (Å²) in [5, 5.41) is 0. The quantitative estimate of drug-likeness (QED) is 0.759. The fourth-order valence-corrected chi connectivity index (χ4v) is 1.38. The van der Waals surface area contributed by atoms with Crippen LogP contribution in [0.4, 0.5) is 0 Å². The summed E-state index contributed by atoms with van der Waals surface area (Å²) in [5.74, 6) is 0. The smallest absolute Gasteiger partial charge is 0.168 e. The van der Waals surface area contributed by atoms with Crippen molar-refractivity contribution in [2.75, 3.05) is 0 Å². The summed E-state index contributed by atoms with van der Waals surface area (Å²) in [7, 11) is 0. The topological polar surface area (TPSA) is 59.9 Å². The van der Waals surface area contributed by atoms with Crippen LogP contribution in [0.25, 0.3) is 0 Å². The highest BCUT2D eigenvalue weighted by Gasteiger charge is 1.93. The van der Waals surface area contributed by atoms with Crippen LogP contribution in [0.2, 0.25) is 0 Å². The molecule has 92 valence electrons. The molecule has 2 rings (SSSR count). The number of carbonyl (C=O) groups is 2. The highest BCUT2D eigenvalue weighted by atomic mass is 16.1. The Kier molecular flexibility index (Phi) is 5.38. The Morgan fingerprint density at radius 2 is 1.72 bits per heavy atom. The second kappa shape index (κ2) is 7.06. The van der Waals surface area contributed by atoms with Gasteiger partial charge in [-0.25, -0.2) is 0 Å². The number of aryl methyl sites for hydroxylation is 2.